The SMILES string of the molecule is CON1[C]=NNN1c1cccs1. The zero-order valence-corrected chi connectivity index (χ0v) is 7.21. The third-order valence-electron chi connectivity index (χ3n) is 1.35. The highest BCUT2D eigenvalue weighted by Crippen LogP contribution is 2.21. The van der Waals surface area contributed by atoms with Crippen LogP contribution in [-0.2, 0) is 4.84 Å². The van der Waals surface area contributed by atoms with Gasteiger partial charge in [-0.05, 0) is 17.5 Å². The van der Waals surface area contributed by atoms with E-state index in [-0.39, 0.29) is 0 Å². The Labute approximate surface area is 73.7 Å². The first-order chi connectivity index (χ1) is 5.92. The second kappa shape index (κ2) is 3.00. The summed E-state index contributed by atoms with van der Waals surface area (Å²) in [6, 6.07) is 3.90. The van der Waals surface area contributed by atoms with E-state index in [2.05, 4.69) is 17.0 Å². The van der Waals surface area contributed by atoms with Crippen molar-refractivity contribution < 1.29 is 4.84 Å². The molecule has 1 aromatic rings. The topological polar surface area (TPSA) is 40.1 Å². The highest BCUT2D eigenvalue weighted by atomic mass is 32.1. The molecule has 0 aromatic carbocycles. The molecule has 1 aliphatic heterocycles. The van der Waals surface area contributed by atoms with Crippen molar-refractivity contribution in [1.29, 1.82) is 0 Å². The van der Waals surface area contributed by atoms with Crippen LogP contribution in [-0.4, -0.2) is 18.6 Å². The van der Waals surface area contributed by atoms with E-state index in [1.54, 1.807) is 23.6 Å². The quantitative estimate of drug-likeness (QED) is 0.731. The lowest BCUT2D eigenvalue weighted by molar-refractivity contribution is -0.0684. The summed E-state index contributed by atoms with van der Waals surface area (Å²) >= 11 is 1.58. The highest BCUT2D eigenvalue weighted by Gasteiger charge is 2.19. The van der Waals surface area contributed by atoms with Crippen molar-refractivity contribution in [2.24, 2.45) is 5.10 Å². The molecule has 0 fully saturated rings. The van der Waals surface area contributed by atoms with E-state index in [9.17, 15) is 0 Å². The summed E-state index contributed by atoms with van der Waals surface area (Å²) in [7, 11) is 1.55. The fourth-order valence-electron chi connectivity index (χ4n) is 0.850. The third-order valence-corrected chi connectivity index (χ3v) is 2.19. The molecular formula is C6H7N4OS. The predicted molar refractivity (Wildman–Crippen MR) is 46.2 cm³/mol. The van der Waals surface area contributed by atoms with Gasteiger partial charge in [0, 0.05) is 0 Å². The normalized spacial score (nSPS) is 15.4. The number of anilines is 1. The van der Waals surface area contributed by atoms with Crippen LogP contribution in [0.4, 0.5) is 5.00 Å². The molecular weight excluding hydrogens is 176 g/mol. The summed E-state index contributed by atoms with van der Waals surface area (Å²) < 4.78 is 0. The van der Waals surface area contributed by atoms with Crippen LogP contribution in [0.15, 0.2) is 22.6 Å². The van der Waals surface area contributed by atoms with Crippen LogP contribution < -0.4 is 10.7 Å². The van der Waals surface area contributed by atoms with E-state index in [1.165, 1.54) is 5.17 Å². The lowest BCUT2D eigenvalue weighted by Gasteiger charge is -2.22. The Balaban J connectivity index is 2.15. The maximum Gasteiger partial charge on any atom is 0.248 e. The van der Waals surface area contributed by atoms with E-state index < -0.39 is 0 Å². The Morgan fingerprint density at radius 2 is 2.67 bits per heavy atom. The Bertz CT molecular complexity index is 273. The Kier molecular flexibility index (Phi) is 1.84. The van der Waals surface area contributed by atoms with Crippen LogP contribution in [0.25, 0.3) is 0 Å². The average Bonchev–Trinajstić information content (AvgIpc) is 2.74. The summed E-state index contributed by atoms with van der Waals surface area (Å²) in [6.45, 7) is 0. The summed E-state index contributed by atoms with van der Waals surface area (Å²) in [5.41, 5.74) is 2.72. The predicted octanol–water partition coefficient (Wildman–Crippen LogP) is 0.671. The van der Waals surface area contributed by atoms with Crippen LogP contribution in [0.2, 0.25) is 0 Å². The molecule has 0 bridgehead atoms. The molecule has 0 atom stereocenters. The van der Waals surface area contributed by atoms with Crippen molar-refractivity contribution >= 4 is 22.7 Å². The molecule has 5 nitrogen and oxygen atoms in total. The van der Waals surface area contributed by atoms with E-state index in [0.29, 0.717) is 0 Å². The van der Waals surface area contributed by atoms with Gasteiger partial charge in [0.1, 0.15) is 5.00 Å². The number of nitrogens with zero attached hydrogens (tertiary/aromatic N) is 3. The summed E-state index contributed by atoms with van der Waals surface area (Å²) in [4.78, 5) is 4.95. The molecule has 0 amide bonds. The second-order valence-electron chi connectivity index (χ2n) is 2.03. The maximum absolute atomic E-state index is 4.95. The molecule has 0 saturated heterocycles. The van der Waals surface area contributed by atoms with Gasteiger partial charge in [-0.15, -0.1) is 26.7 Å². The minimum atomic E-state index is 0.991. The molecule has 2 rings (SSSR count). The smallest absolute Gasteiger partial charge is 0.248 e. The fraction of sp³-hybridized carbons (Fsp3) is 0.167. The largest absolute Gasteiger partial charge is 0.254 e. The maximum atomic E-state index is 4.95. The number of hydrazine groups is 2. The average molecular weight is 183 g/mol. The Morgan fingerprint density at radius 1 is 1.75 bits per heavy atom. The van der Waals surface area contributed by atoms with Gasteiger partial charge in [-0.25, -0.2) is 0 Å². The second-order valence-corrected chi connectivity index (χ2v) is 2.96. The van der Waals surface area contributed by atoms with Gasteiger partial charge in [-0.2, -0.15) is 5.53 Å². The lowest BCUT2D eigenvalue weighted by Crippen LogP contribution is -2.41. The van der Waals surface area contributed by atoms with Crippen LogP contribution in [0.5, 0.6) is 0 Å². The number of hydrazone groups is 1. The molecule has 1 N–H and O–H groups in total. The molecule has 1 aliphatic rings. The first-order valence-electron chi connectivity index (χ1n) is 3.30. The van der Waals surface area contributed by atoms with Gasteiger partial charge < -0.3 is 0 Å². The van der Waals surface area contributed by atoms with E-state index in [1.807, 2.05) is 17.5 Å². The van der Waals surface area contributed by atoms with Gasteiger partial charge in [0.15, 0.2) is 0 Å². The summed E-state index contributed by atoms with van der Waals surface area (Å²) in [5.74, 6) is 0. The van der Waals surface area contributed by atoms with Crippen molar-refractivity contribution in [2.75, 3.05) is 12.2 Å². The molecule has 12 heavy (non-hydrogen) atoms. The van der Waals surface area contributed by atoms with Gasteiger partial charge >= 0.3 is 0 Å². The Morgan fingerprint density at radius 3 is 3.33 bits per heavy atom. The first kappa shape index (κ1) is 7.38. The fourth-order valence-corrected chi connectivity index (χ4v) is 1.52. The minimum Gasteiger partial charge on any atom is -0.254 e. The van der Waals surface area contributed by atoms with Crippen LogP contribution >= 0.6 is 11.3 Å². The number of hydroxylamine groups is 1. The van der Waals surface area contributed by atoms with Gasteiger partial charge in [0.25, 0.3) is 0 Å². The van der Waals surface area contributed by atoms with Crippen molar-refractivity contribution in [3.05, 3.63) is 17.5 Å². The van der Waals surface area contributed by atoms with Crippen LogP contribution in [0.1, 0.15) is 0 Å². The highest BCUT2D eigenvalue weighted by molar-refractivity contribution is 7.14. The molecule has 1 aromatic heterocycles. The van der Waals surface area contributed by atoms with Gasteiger partial charge in [-0.1, -0.05) is 0 Å². The van der Waals surface area contributed by atoms with Crippen molar-refractivity contribution in [3.8, 4) is 0 Å². The van der Waals surface area contributed by atoms with Crippen molar-refractivity contribution in [2.45, 2.75) is 0 Å². The summed E-state index contributed by atoms with van der Waals surface area (Å²) in [6.07, 6.45) is 2.60. The number of hydrogen-bond donors (Lipinski definition) is 1. The molecule has 0 aliphatic carbocycles. The van der Waals surface area contributed by atoms with Crippen LogP contribution in [0, 0.1) is 0 Å². The zero-order chi connectivity index (χ0) is 8.39. The van der Waals surface area contributed by atoms with Crippen molar-refractivity contribution in [3.63, 3.8) is 0 Å². The van der Waals surface area contributed by atoms with Crippen LogP contribution in [0.3, 0.4) is 0 Å². The zero-order valence-electron chi connectivity index (χ0n) is 6.39. The standard InChI is InChI=1S/C6H7N4OS/c1-11-9-5-7-8-10(9)6-3-2-4-12-6/h2-4,8H,1H3. The first-order valence-corrected chi connectivity index (χ1v) is 4.18. The van der Waals surface area contributed by atoms with Gasteiger partial charge in [0.2, 0.25) is 6.34 Å². The third kappa shape index (κ3) is 1.10. The van der Waals surface area contributed by atoms with Crippen molar-refractivity contribution in [1.82, 2.24) is 10.7 Å². The Hall–Kier alpha value is -1.27. The number of thiophene rings is 1. The monoisotopic (exact) mass is 183 g/mol. The van der Waals surface area contributed by atoms with E-state index in [0.717, 1.165) is 5.00 Å². The molecule has 0 saturated carbocycles. The number of rotatable bonds is 2. The minimum absolute atomic E-state index is 0.991. The molecule has 63 valence electrons. The number of hydrogen-bond acceptors (Lipinski definition) is 6. The lowest BCUT2D eigenvalue weighted by atomic mass is 10.6. The number of nitrogens with one attached hydrogen (secondary N) is 1. The molecule has 0 unspecified atom stereocenters. The summed E-state index contributed by atoms with van der Waals surface area (Å²) in [5, 5.41) is 9.70. The van der Waals surface area contributed by atoms with E-state index in [4.69, 9.17) is 4.84 Å². The van der Waals surface area contributed by atoms with E-state index >= 15 is 0 Å². The molecule has 2 heterocycles. The molecule has 6 heteroatoms. The molecule has 0 spiro atoms. The van der Waals surface area contributed by atoms with Gasteiger partial charge in [0.05, 0.1) is 7.11 Å². The molecule has 1 radical (unpaired) electrons. The van der Waals surface area contributed by atoms with Gasteiger partial charge in [-0.3, -0.25) is 4.84 Å².